The van der Waals surface area contributed by atoms with Crippen LogP contribution in [0.15, 0.2) is 59.8 Å². The molecule has 4 aromatic rings. The lowest BCUT2D eigenvalue weighted by atomic mass is 10.1. The highest BCUT2D eigenvalue weighted by Gasteiger charge is 2.41. The van der Waals surface area contributed by atoms with Crippen LogP contribution in [0.1, 0.15) is 27.8 Å². The Kier molecular flexibility index (Phi) is 5.83. The van der Waals surface area contributed by atoms with Crippen molar-refractivity contribution in [3.63, 3.8) is 0 Å². The van der Waals surface area contributed by atoms with Gasteiger partial charge in [-0.25, -0.2) is 4.68 Å². The molecule has 0 saturated carbocycles. The van der Waals surface area contributed by atoms with Gasteiger partial charge in [0, 0.05) is 41.9 Å². The van der Waals surface area contributed by atoms with Crippen LogP contribution in [0.25, 0.3) is 16.5 Å². The first kappa shape index (κ1) is 22.7. The Labute approximate surface area is 195 Å². The zero-order chi connectivity index (χ0) is 24.6. The predicted octanol–water partition coefficient (Wildman–Crippen LogP) is 3.04. The van der Waals surface area contributed by atoms with E-state index in [-0.39, 0.29) is 28.3 Å². The average Bonchev–Trinajstić information content (AvgIpc) is 3.31. The van der Waals surface area contributed by atoms with Gasteiger partial charge in [0.15, 0.2) is 5.69 Å². The summed E-state index contributed by atoms with van der Waals surface area (Å²) in [5, 5.41) is 9.99. The Bertz CT molecular complexity index is 1460. The number of nitrogens with zero attached hydrogens (tertiary/aromatic N) is 3. The highest BCUT2D eigenvalue weighted by molar-refractivity contribution is 6.05. The summed E-state index contributed by atoms with van der Waals surface area (Å²) < 4.78 is 48.8. The van der Waals surface area contributed by atoms with E-state index in [4.69, 9.17) is 4.74 Å². The van der Waals surface area contributed by atoms with E-state index in [1.807, 2.05) is 0 Å². The lowest BCUT2D eigenvalue weighted by Crippen LogP contribution is -2.33. The molecule has 1 unspecified atom stereocenters. The van der Waals surface area contributed by atoms with Crippen molar-refractivity contribution < 1.29 is 22.7 Å². The van der Waals surface area contributed by atoms with Gasteiger partial charge < -0.3 is 20.4 Å². The summed E-state index contributed by atoms with van der Waals surface area (Å²) in [6.07, 6.45) is -1.59. The summed E-state index contributed by atoms with van der Waals surface area (Å²) in [7, 11) is 0. The van der Waals surface area contributed by atoms with Gasteiger partial charge >= 0.3 is 6.18 Å². The molecule has 1 saturated heterocycles. The maximum absolute atomic E-state index is 14.2. The Balaban J connectivity index is 1.52. The fourth-order valence-corrected chi connectivity index (χ4v) is 4.02. The van der Waals surface area contributed by atoms with Crippen LogP contribution in [0, 0.1) is 0 Å². The van der Waals surface area contributed by atoms with Crippen LogP contribution < -0.4 is 16.2 Å². The molecule has 35 heavy (non-hydrogen) atoms. The van der Waals surface area contributed by atoms with Crippen molar-refractivity contribution in [1.82, 2.24) is 25.1 Å². The first-order valence-electron chi connectivity index (χ1n) is 10.7. The summed E-state index contributed by atoms with van der Waals surface area (Å²) in [5.41, 5.74) is -1.53. The highest BCUT2D eigenvalue weighted by Crippen LogP contribution is 2.35. The van der Waals surface area contributed by atoms with Crippen LogP contribution in [-0.4, -0.2) is 45.4 Å². The van der Waals surface area contributed by atoms with E-state index in [0.717, 1.165) is 6.20 Å². The Morgan fingerprint density at radius 2 is 2.06 bits per heavy atom. The Morgan fingerprint density at radius 1 is 1.20 bits per heavy atom. The van der Waals surface area contributed by atoms with Gasteiger partial charge in [0.25, 0.3) is 11.5 Å². The summed E-state index contributed by atoms with van der Waals surface area (Å²) in [4.78, 5) is 31.8. The van der Waals surface area contributed by atoms with E-state index >= 15 is 0 Å². The molecule has 0 aliphatic carbocycles. The molecule has 1 atom stereocenters. The van der Waals surface area contributed by atoms with E-state index in [1.54, 1.807) is 6.07 Å². The van der Waals surface area contributed by atoms with E-state index in [0.29, 0.717) is 30.1 Å². The third-order valence-corrected chi connectivity index (χ3v) is 5.60. The fourth-order valence-electron chi connectivity index (χ4n) is 4.02. The van der Waals surface area contributed by atoms with Gasteiger partial charge in [-0.15, -0.1) is 0 Å². The quantitative estimate of drug-likeness (QED) is 0.410. The van der Waals surface area contributed by atoms with Crippen molar-refractivity contribution >= 4 is 22.4 Å². The molecule has 1 amide bonds. The topological polar surface area (TPSA) is 114 Å². The third kappa shape index (κ3) is 4.40. The molecule has 1 aliphatic heterocycles. The smallest absolute Gasteiger partial charge is 0.369 e. The van der Waals surface area contributed by atoms with Crippen molar-refractivity contribution in [2.75, 3.05) is 25.0 Å². The van der Waals surface area contributed by atoms with Crippen molar-refractivity contribution in [2.45, 2.75) is 12.3 Å². The molecule has 0 bridgehead atoms. The van der Waals surface area contributed by atoms with E-state index in [1.165, 1.54) is 42.7 Å². The second kappa shape index (κ2) is 8.96. The number of aromatic amines is 1. The van der Waals surface area contributed by atoms with Crippen LogP contribution in [-0.2, 0) is 10.9 Å². The number of morpholine rings is 1. The molecular formula is C23H19F3N6O3. The van der Waals surface area contributed by atoms with Gasteiger partial charge in [-0.2, -0.15) is 18.3 Å². The number of aromatic nitrogens is 4. The molecule has 12 heteroatoms. The van der Waals surface area contributed by atoms with Gasteiger partial charge in [0.05, 0.1) is 29.7 Å². The number of hydrogen-bond acceptors (Lipinski definition) is 6. The second-order valence-corrected chi connectivity index (χ2v) is 7.85. The molecule has 3 N–H and O–H groups in total. The standard InChI is InChI=1S/C23H19F3N6O3/c24-23(25,26)20-16(11-30-32(20)18-3-1-2-15-14(18)5-7-29-21(15)33)22(34)31-13-4-6-28-17(10-13)19-12-27-8-9-35-19/h1-7,10-11,19,27H,8-9,12H2,(H,29,33)(H,28,31,34). The SMILES string of the molecule is O=C(Nc1ccnc(C2CNCCO2)c1)c1cnn(-c2cccc3c(=O)[nH]ccc23)c1C(F)(F)F. The lowest BCUT2D eigenvalue weighted by Gasteiger charge is -2.23. The molecule has 0 spiro atoms. The maximum Gasteiger partial charge on any atom is 0.434 e. The molecular weight excluding hydrogens is 465 g/mol. The number of benzene rings is 1. The van der Waals surface area contributed by atoms with Crippen LogP contribution in [0.5, 0.6) is 0 Å². The molecule has 1 aliphatic rings. The number of nitrogens with one attached hydrogen (secondary N) is 3. The zero-order valence-corrected chi connectivity index (χ0v) is 18.1. The fraction of sp³-hybridized carbons (Fsp3) is 0.217. The molecule has 3 aromatic heterocycles. The van der Waals surface area contributed by atoms with Gasteiger partial charge in [-0.3, -0.25) is 14.6 Å². The van der Waals surface area contributed by atoms with Crippen molar-refractivity contribution in [3.8, 4) is 5.69 Å². The summed E-state index contributed by atoms with van der Waals surface area (Å²) in [5.74, 6) is -0.985. The molecule has 1 fully saturated rings. The normalized spacial score (nSPS) is 16.4. The molecule has 0 radical (unpaired) electrons. The lowest BCUT2D eigenvalue weighted by molar-refractivity contribution is -0.143. The first-order valence-corrected chi connectivity index (χ1v) is 10.7. The first-order chi connectivity index (χ1) is 16.8. The maximum atomic E-state index is 14.2. The van der Waals surface area contributed by atoms with Gasteiger partial charge in [0.1, 0.15) is 6.10 Å². The number of rotatable bonds is 4. The molecule has 4 heterocycles. The number of H-pyrrole nitrogens is 1. The number of amides is 1. The number of carbonyl (C=O) groups excluding carboxylic acids is 1. The minimum atomic E-state index is -4.91. The van der Waals surface area contributed by atoms with E-state index in [9.17, 15) is 22.8 Å². The minimum Gasteiger partial charge on any atom is -0.369 e. The summed E-state index contributed by atoms with van der Waals surface area (Å²) in [6, 6.07) is 8.87. The van der Waals surface area contributed by atoms with Gasteiger partial charge in [-0.05, 0) is 30.3 Å². The zero-order valence-electron chi connectivity index (χ0n) is 18.1. The van der Waals surface area contributed by atoms with E-state index < -0.39 is 28.9 Å². The highest BCUT2D eigenvalue weighted by atomic mass is 19.4. The number of carbonyl (C=O) groups is 1. The minimum absolute atomic E-state index is 0.0214. The van der Waals surface area contributed by atoms with Gasteiger partial charge in [0.2, 0.25) is 0 Å². The number of halogens is 3. The monoisotopic (exact) mass is 484 g/mol. The predicted molar refractivity (Wildman–Crippen MR) is 120 cm³/mol. The second-order valence-electron chi connectivity index (χ2n) is 7.85. The van der Waals surface area contributed by atoms with Crippen LogP contribution in [0.4, 0.5) is 18.9 Å². The number of anilines is 1. The van der Waals surface area contributed by atoms with E-state index in [2.05, 4.69) is 25.7 Å². The summed E-state index contributed by atoms with van der Waals surface area (Å²) in [6.45, 7) is 1.74. The molecule has 180 valence electrons. The number of alkyl halides is 3. The Hall–Kier alpha value is -4.03. The van der Waals surface area contributed by atoms with Crippen molar-refractivity contribution in [1.29, 1.82) is 0 Å². The van der Waals surface area contributed by atoms with Crippen molar-refractivity contribution in [3.05, 3.63) is 82.3 Å². The molecule has 5 rings (SSSR count). The number of pyridine rings is 2. The average molecular weight is 484 g/mol. The molecule has 9 nitrogen and oxygen atoms in total. The third-order valence-electron chi connectivity index (χ3n) is 5.60. The Morgan fingerprint density at radius 3 is 2.83 bits per heavy atom. The van der Waals surface area contributed by atoms with Crippen molar-refractivity contribution in [2.24, 2.45) is 0 Å². The van der Waals surface area contributed by atoms with Crippen LogP contribution >= 0.6 is 0 Å². The number of hydrogen-bond donors (Lipinski definition) is 3. The van der Waals surface area contributed by atoms with Crippen LogP contribution in [0.2, 0.25) is 0 Å². The van der Waals surface area contributed by atoms with Crippen LogP contribution in [0.3, 0.4) is 0 Å². The molecule has 1 aromatic carbocycles. The number of ether oxygens (including phenoxy) is 1. The summed E-state index contributed by atoms with van der Waals surface area (Å²) >= 11 is 0. The number of fused-ring (bicyclic) bond motifs is 1. The van der Waals surface area contributed by atoms with Gasteiger partial charge in [-0.1, -0.05) is 6.07 Å². The largest absolute Gasteiger partial charge is 0.434 e.